The Bertz CT molecular complexity index is 421. The first-order valence-corrected chi connectivity index (χ1v) is 5.62. The third-order valence-corrected chi connectivity index (χ3v) is 2.85. The zero-order valence-electron chi connectivity index (χ0n) is 8.35. The highest BCUT2D eigenvalue weighted by atomic mass is 35.5. The average Bonchev–Trinajstić information content (AvgIpc) is 2.02. The van der Waals surface area contributed by atoms with Crippen LogP contribution in [-0.2, 0) is 9.84 Å². The van der Waals surface area contributed by atoms with E-state index < -0.39 is 9.84 Å². The summed E-state index contributed by atoms with van der Waals surface area (Å²) in [5.41, 5.74) is 6.50. The maximum absolute atomic E-state index is 11.3. The van der Waals surface area contributed by atoms with Crippen LogP contribution in [0.2, 0.25) is 0 Å². The molecule has 7 heteroatoms. The van der Waals surface area contributed by atoms with Gasteiger partial charge < -0.3 is 11.1 Å². The molecule has 1 aromatic rings. The van der Waals surface area contributed by atoms with E-state index in [0.29, 0.717) is 11.4 Å². The molecule has 4 nitrogen and oxygen atoms in total. The maximum atomic E-state index is 11.3. The van der Waals surface area contributed by atoms with E-state index in [1.807, 2.05) is 0 Å². The van der Waals surface area contributed by atoms with Gasteiger partial charge in [0.15, 0.2) is 9.84 Å². The first-order chi connectivity index (χ1) is 5.96. The van der Waals surface area contributed by atoms with E-state index in [1.54, 1.807) is 19.2 Å². The second kappa shape index (κ2) is 6.05. The lowest BCUT2D eigenvalue weighted by molar-refractivity contribution is 0.602. The molecule has 0 bridgehead atoms. The Balaban J connectivity index is 0. The van der Waals surface area contributed by atoms with Gasteiger partial charge in [-0.1, -0.05) is 6.07 Å². The number of hydrogen-bond donors (Lipinski definition) is 2. The monoisotopic (exact) mass is 272 g/mol. The molecule has 0 saturated heterocycles. The van der Waals surface area contributed by atoms with Crippen molar-refractivity contribution in [1.82, 2.24) is 0 Å². The van der Waals surface area contributed by atoms with Gasteiger partial charge in [-0.3, -0.25) is 0 Å². The maximum Gasteiger partial charge on any atom is 0.177 e. The summed E-state index contributed by atoms with van der Waals surface area (Å²) in [6.07, 6.45) is 1.16. The van der Waals surface area contributed by atoms with E-state index in [4.69, 9.17) is 5.73 Å². The van der Waals surface area contributed by atoms with Crippen molar-refractivity contribution < 1.29 is 8.42 Å². The molecule has 0 fully saturated rings. The number of nitrogens with two attached hydrogens (primary N) is 1. The van der Waals surface area contributed by atoms with Gasteiger partial charge in [-0.15, -0.1) is 24.8 Å². The van der Waals surface area contributed by atoms with Crippen molar-refractivity contribution in [3.63, 3.8) is 0 Å². The highest BCUT2D eigenvalue weighted by Crippen LogP contribution is 2.26. The molecule has 0 radical (unpaired) electrons. The summed E-state index contributed by atoms with van der Waals surface area (Å²) in [7, 11) is -1.57. The molecule has 0 aliphatic heterocycles. The molecule has 1 aromatic carbocycles. The quantitative estimate of drug-likeness (QED) is 0.802. The lowest BCUT2D eigenvalue weighted by Gasteiger charge is -2.09. The van der Waals surface area contributed by atoms with Gasteiger partial charge in [0, 0.05) is 13.3 Å². The minimum absolute atomic E-state index is 0. The van der Waals surface area contributed by atoms with Crippen LogP contribution >= 0.6 is 24.8 Å². The smallest absolute Gasteiger partial charge is 0.177 e. The van der Waals surface area contributed by atoms with Crippen molar-refractivity contribution in [2.75, 3.05) is 24.4 Å². The van der Waals surface area contributed by atoms with E-state index in [9.17, 15) is 8.42 Å². The molecule has 3 N–H and O–H groups in total. The molecule has 0 amide bonds. The van der Waals surface area contributed by atoms with Gasteiger partial charge in [0.2, 0.25) is 0 Å². The van der Waals surface area contributed by atoms with Crippen LogP contribution in [0.5, 0.6) is 0 Å². The number of nitrogens with one attached hydrogen (secondary N) is 1. The van der Waals surface area contributed by atoms with E-state index in [-0.39, 0.29) is 29.7 Å². The minimum Gasteiger partial charge on any atom is -0.397 e. The van der Waals surface area contributed by atoms with Gasteiger partial charge in [0.25, 0.3) is 0 Å². The summed E-state index contributed by atoms with van der Waals surface area (Å²) < 4.78 is 22.5. The SMILES string of the molecule is CNc1c(N)cccc1S(C)(=O)=O.Cl.Cl. The topological polar surface area (TPSA) is 72.2 Å². The fourth-order valence-electron chi connectivity index (χ4n) is 1.12. The molecule has 0 aliphatic carbocycles. The number of para-hydroxylation sites is 1. The highest BCUT2D eigenvalue weighted by molar-refractivity contribution is 7.90. The number of sulfone groups is 1. The molecule has 0 atom stereocenters. The Labute approximate surface area is 102 Å². The van der Waals surface area contributed by atoms with Gasteiger partial charge in [0.1, 0.15) is 0 Å². The van der Waals surface area contributed by atoms with Crippen molar-refractivity contribution in [2.45, 2.75) is 4.90 Å². The highest BCUT2D eigenvalue weighted by Gasteiger charge is 2.13. The summed E-state index contributed by atoms with van der Waals surface area (Å²) in [4.78, 5) is 0.231. The molecule has 15 heavy (non-hydrogen) atoms. The van der Waals surface area contributed by atoms with Crippen LogP contribution < -0.4 is 11.1 Å². The van der Waals surface area contributed by atoms with Gasteiger partial charge in [0.05, 0.1) is 16.3 Å². The van der Waals surface area contributed by atoms with E-state index >= 15 is 0 Å². The number of rotatable bonds is 2. The Morgan fingerprint density at radius 1 is 1.27 bits per heavy atom. The fourth-order valence-corrected chi connectivity index (χ4v) is 2.04. The Kier molecular flexibility index (Phi) is 6.76. The molecular formula is C8H14Cl2N2O2S. The minimum atomic E-state index is -3.21. The van der Waals surface area contributed by atoms with Crippen LogP contribution in [-0.4, -0.2) is 21.7 Å². The van der Waals surface area contributed by atoms with Gasteiger partial charge in [-0.2, -0.15) is 0 Å². The second-order valence-corrected chi connectivity index (χ2v) is 4.73. The van der Waals surface area contributed by atoms with Crippen molar-refractivity contribution >= 4 is 46.0 Å². The number of halogens is 2. The van der Waals surface area contributed by atoms with Crippen LogP contribution in [0.3, 0.4) is 0 Å². The van der Waals surface area contributed by atoms with Crippen molar-refractivity contribution in [3.05, 3.63) is 18.2 Å². The normalized spacial score (nSPS) is 9.73. The van der Waals surface area contributed by atoms with Crippen LogP contribution in [0.15, 0.2) is 23.1 Å². The molecule has 0 aromatic heterocycles. The molecule has 88 valence electrons. The van der Waals surface area contributed by atoms with Crippen LogP contribution in [0.25, 0.3) is 0 Å². The van der Waals surface area contributed by atoms with Crippen molar-refractivity contribution in [2.24, 2.45) is 0 Å². The Morgan fingerprint density at radius 2 is 1.80 bits per heavy atom. The second-order valence-electron chi connectivity index (χ2n) is 2.74. The summed E-state index contributed by atoms with van der Waals surface area (Å²) in [6.45, 7) is 0. The van der Waals surface area contributed by atoms with Crippen molar-refractivity contribution in [1.29, 1.82) is 0 Å². The number of anilines is 2. The lowest BCUT2D eigenvalue weighted by Crippen LogP contribution is -2.05. The molecule has 0 saturated carbocycles. The zero-order valence-corrected chi connectivity index (χ0v) is 10.8. The van der Waals surface area contributed by atoms with E-state index in [2.05, 4.69) is 5.32 Å². The predicted octanol–water partition coefficient (Wildman–Crippen LogP) is 1.56. The summed E-state index contributed by atoms with van der Waals surface area (Å²) >= 11 is 0. The number of benzene rings is 1. The third kappa shape index (κ3) is 3.77. The van der Waals surface area contributed by atoms with Gasteiger partial charge in [-0.25, -0.2) is 8.42 Å². The first-order valence-electron chi connectivity index (χ1n) is 3.73. The summed E-state index contributed by atoms with van der Waals surface area (Å²) in [5.74, 6) is 0. The third-order valence-electron chi connectivity index (χ3n) is 1.71. The first kappa shape index (κ1) is 16.8. The fraction of sp³-hybridized carbons (Fsp3) is 0.250. The molecule has 0 heterocycles. The van der Waals surface area contributed by atoms with Crippen LogP contribution in [0.1, 0.15) is 0 Å². The van der Waals surface area contributed by atoms with Gasteiger partial charge in [-0.05, 0) is 12.1 Å². The summed E-state index contributed by atoms with van der Waals surface area (Å²) in [5, 5.41) is 2.77. The Morgan fingerprint density at radius 3 is 2.13 bits per heavy atom. The number of nitrogen functional groups attached to an aromatic ring is 1. The van der Waals surface area contributed by atoms with Crippen molar-refractivity contribution in [3.8, 4) is 0 Å². The lowest BCUT2D eigenvalue weighted by atomic mass is 10.3. The standard InChI is InChI=1S/C8H12N2O2S.2ClH/c1-10-8-6(9)4-3-5-7(8)13(2,11)12;;/h3-5,10H,9H2,1-2H3;2*1H. The molecule has 0 aliphatic rings. The average molecular weight is 273 g/mol. The summed E-state index contributed by atoms with van der Waals surface area (Å²) in [6, 6.07) is 4.80. The molecule has 1 rings (SSSR count). The predicted molar refractivity (Wildman–Crippen MR) is 68.0 cm³/mol. The Hall–Kier alpha value is -0.650. The van der Waals surface area contributed by atoms with E-state index in [0.717, 1.165) is 6.26 Å². The van der Waals surface area contributed by atoms with Crippen LogP contribution in [0, 0.1) is 0 Å². The largest absolute Gasteiger partial charge is 0.397 e. The van der Waals surface area contributed by atoms with Crippen LogP contribution in [0.4, 0.5) is 11.4 Å². The van der Waals surface area contributed by atoms with Gasteiger partial charge >= 0.3 is 0 Å². The van der Waals surface area contributed by atoms with E-state index in [1.165, 1.54) is 6.07 Å². The zero-order chi connectivity index (χ0) is 10.1. The molecule has 0 spiro atoms. The molecular weight excluding hydrogens is 259 g/mol. The number of hydrogen-bond acceptors (Lipinski definition) is 4. The molecule has 0 unspecified atom stereocenters.